The molecule has 1 heterocycles. The van der Waals surface area contributed by atoms with Gasteiger partial charge in [-0.2, -0.15) is 0 Å². The maximum absolute atomic E-state index is 12.1. The van der Waals surface area contributed by atoms with Gasteiger partial charge in [-0.1, -0.05) is 19.0 Å². The molecule has 0 amide bonds. The van der Waals surface area contributed by atoms with E-state index in [1.54, 1.807) is 0 Å². The van der Waals surface area contributed by atoms with Crippen LogP contribution in [0.3, 0.4) is 0 Å². The largest absolute Gasteiger partial charge is 0.364 e. The van der Waals surface area contributed by atoms with Crippen molar-refractivity contribution < 1.29 is 13.3 Å². The molecule has 11 heavy (non-hydrogen) atoms. The van der Waals surface area contributed by atoms with Crippen molar-refractivity contribution in [3.8, 4) is 0 Å². The third-order valence-corrected chi connectivity index (χ3v) is 1.46. The van der Waals surface area contributed by atoms with Crippen molar-refractivity contribution in [3.63, 3.8) is 0 Å². The maximum atomic E-state index is 12.1. The van der Waals surface area contributed by atoms with Crippen molar-refractivity contribution in [3.05, 3.63) is 17.5 Å². The summed E-state index contributed by atoms with van der Waals surface area (Å²) in [6.45, 7) is 3.64. The van der Waals surface area contributed by atoms with Crippen LogP contribution in [0.2, 0.25) is 0 Å². The smallest absolute Gasteiger partial charge is 0.284 e. The molecule has 0 aromatic carbocycles. The molecule has 1 rings (SSSR count). The second-order valence-corrected chi connectivity index (χ2v) is 2.61. The molecule has 0 aliphatic carbocycles. The summed E-state index contributed by atoms with van der Waals surface area (Å²) in [5.41, 5.74) is 0.250. The van der Waals surface area contributed by atoms with Crippen LogP contribution in [0.5, 0.6) is 0 Å². The topological polar surface area (TPSA) is 26.0 Å². The van der Waals surface area contributed by atoms with Crippen LogP contribution in [0.4, 0.5) is 8.78 Å². The highest BCUT2D eigenvalue weighted by Crippen LogP contribution is 2.26. The molecule has 62 valence electrons. The lowest BCUT2D eigenvalue weighted by Gasteiger charge is -2.01. The number of halogens is 2. The Hall–Kier alpha value is -0.930. The minimum Gasteiger partial charge on any atom is -0.364 e. The van der Waals surface area contributed by atoms with Crippen molar-refractivity contribution in [1.82, 2.24) is 5.16 Å². The Balaban J connectivity index is 2.96. The van der Waals surface area contributed by atoms with Gasteiger partial charge in [0.05, 0.1) is 0 Å². The van der Waals surface area contributed by atoms with Gasteiger partial charge in [0.2, 0.25) is 0 Å². The molecule has 1 aromatic rings. The van der Waals surface area contributed by atoms with Crippen LogP contribution in [0, 0.1) is 0 Å². The zero-order valence-electron chi connectivity index (χ0n) is 6.34. The van der Waals surface area contributed by atoms with E-state index in [0.717, 1.165) is 0 Å². The van der Waals surface area contributed by atoms with E-state index in [-0.39, 0.29) is 11.6 Å². The summed E-state index contributed by atoms with van der Waals surface area (Å²) < 4.78 is 28.6. The number of aromatic nitrogens is 1. The number of hydrogen-bond donors (Lipinski definition) is 0. The van der Waals surface area contributed by atoms with Gasteiger partial charge in [0, 0.05) is 5.56 Å². The Morgan fingerprint density at radius 1 is 1.45 bits per heavy atom. The molecule has 4 heteroatoms. The first kappa shape index (κ1) is 8.17. The van der Waals surface area contributed by atoms with E-state index in [0.29, 0.717) is 5.56 Å². The van der Waals surface area contributed by atoms with Gasteiger partial charge in [-0.05, 0) is 5.92 Å². The molecule has 0 fully saturated rings. The molecule has 0 N–H and O–H groups in total. The van der Waals surface area contributed by atoms with E-state index in [4.69, 9.17) is 0 Å². The monoisotopic (exact) mass is 161 g/mol. The Kier molecular flexibility index (Phi) is 2.22. The summed E-state index contributed by atoms with van der Waals surface area (Å²) in [5, 5.41) is 3.21. The Bertz CT molecular complexity index is 210. The molecule has 0 unspecified atom stereocenters. The highest BCUT2D eigenvalue weighted by Gasteiger charge is 2.19. The third-order valence-electron chi connectivity index (χ3n) is 1.46. The Morgan fingerprint density at radius 2 is 2.09 bits per heavy atom. The number of nitrogens with zero attached hydrogens (tertiary/aromatic N) is 1. The molecule has 0 bridgehead atoms. The molecule has 0 saturated heterocycles. The van der Waals surface area contributed by atoms with E-state index in [1.165, 1.54) is 6.26 Å². The summed E-state index contributed by atoms with van der Waals surface area (Å²) in [5.74, 6) is 0.0326. The molecule has 0 spiro atoms. The molecule has 0 radical (unpaired) electrons. The molecular formula is C7H9F2NO. The summed E-state index contributed by atoms with van der Waals surface area (Å²) in [7, 11) is 0. The van der Waals surface area contributed by atoms with Crippen LogP contribution in [0.15, 0.2) is 10.8 Å². The molecule has 0 atom stereocenters. The maximum Gasteiger partial charge on any atom is 0.284 e. The van der Waals surface area contributed by atoms with E-state index in [1.807, 2.05) is 13.8 Å². The van der Waals surface area contributed by atoms with E-state index in [9.17, 15) is 8.78 Å². The Labute approximate surface area is 63.2 Å². The first-order valence-electron chi connectivity index (χ1n) is 3.35. The van der Waals surface area contributed by atoms with Crippen molar-refractivity contribution in [2.75, 3.05) is 0 Å². The predicted octanol–water partition coefficient (Wildman–Crippen LogP) is 2.74. The second-order valence-electron chi connectivity index (χ2n) is 2.61. The van der Waals surface area contributed by atoms with Crippen LogP contribution < -0.4 is 0 Å². The molecule has 0 saturated carbocycles. The molecule has 0 aliphatic rings. The summed E-state index contributed by atoms with van der Waals surface area (Å²) in [6, 6.07) is 0. The van der Waals surface area contributed by atoms with E-state index < -0.39 is 6.43 Å². The second kappa shape index (κ2) is 2.98. The zero-order valence-corrected chi connectivity index (χ0v) is 6.34. The van der Waals surface area contributed by atoms with Crippen LogP contribution in [0.25, 0.3) is 0 Å². The summed E-state index contributed by atoms with van der Waals surface area (Å²) >= 11 is 0. The Morgan fingerprint density at radius 3 is 2.45 bits per heavy atom. The van der Waals surface area contributed by atoms with Crippen molar-refractivity contribution in [1.29, 1.82) is 0 Å². The van der Waals surface area contributed by atoms with E-state index in [2.05, 4.69) is 9.68 Å². The predicted molar refractivity (Wildman–Crippen MR) is 35.5 cm³/mol. The van der Waals surface area contributed by atoms with Gasteiger partial charge in [-0.15, -0.1) is 0 Å². The van der Waals surface area contributed by atoms with Crippen molar-refractivity contribution >= 4 is 0 Å². The minimum absolute atomic E-state index is 0.0326. The summed E-state index contributed by atoms with van der Waals surface area (Å²) in [6.07, 6.45) is -1.27. The molecule has 2 nitrogen and oxygen atoms in total. The number of rotatable bonds is 2. The normalized spacial score (nSPS) is 11.5. The first-order chi connectivity index (χ1) is 5.13. The highest BCUT2D eigenvalue weighted by molar-refractivity contribution is 5.19. The number of alkyl halides is 2. The van der Waals surface area contributed by atoms with Gasteiger partial charge in [0.15, 0.2) is 5.69 Å². The fourth-order valence-electron chi connectivity index (χ4n) is 0.851. The van der Waals surface area contributed by atoms with E-state index >= 15 is 0 Å². The lowest BCUT2D eigenvalue weighted by Crippen LogP contribution is -1.93. The van der Waals surface area contributed by atoms with Crippen LogP contribution >= 0.6 is 0 Å². The average Bonchev–Trinajstić information content (AvgIpc) is 2.32. The van der Waals surface area contributed by atoms with Gasteiger partial charge >= 0.3 is 0 Å². The average molecular weight is 161 g/mol. The lowest BCUT2D eigenvalue weighted by molar-refractivity contribution is 0.139. The molecular weight excluding hydrogens is 152 g/mol. The third kappa shape index (κ3) is 1.56. The fourth-order valence-corrected chi connectivity index (χ4v) is 0.851. The zero-order chi connectivity index (χ0) is 8.43. The molecule has 1 aromatic heterocycles. The standard InChI is InChI=1S/C7H9F2NO/c1-4(2)5-3-11-10-6(5)7(8)9/h3-4,7H,1-2H3. The summed E-state index contributed by atoms with van der Waals surface area (Å²) in [4.78, 5) is 0. The van der Waals surface area contributed by atoms with Gasteiger partial charge in [-0.25, -0.2) is 8.78 Å². The fraction of sp³-hybridized carbons (Fsp3) is 0.571. The molecule has 0 aliphatic heterocycles. The first-order valence-corrected chi connectivity index (χ1v) is 3.35. The van der Waals surface area contributed by atoms with Gasteiger partial charge < -0.3 is 4.52 Å². The lowest BCUT2D eigenvalue weighted by atomic mass is 10.1. The quantitative estimate of drug-likeness (QED) is 0.666. The van der Waals surface area contributed by atoms with Crippen molar-refractivity contribution in [2.45, 2.75) is 26.2 Å². The highest BCUT2D eigenvalue weighted by atomic mass is 19.3. The number of hydrogen-bond acceptors (Lipinski definition) is 2. The SMILES string of the molecule is CC(C)c1conc1C(F)F. The van der Waals surface area contributed by atoms with Gasteiger partial charge in [0.25, 0.3) is 6.43 Å². The van der Waals surface area contributed by atoms with Crippen LogP contribution in [-0.2, 0) is 0 Å². The minimum atomic E-state index is -2.54. The van der Waals surface area contributed by atoms with Gasteiger partial charge in [-0.3, -0.25) is 0 Å². The van der Waals surface area contributed by atoms with Crippen LogP contribution in [-0.4, -0.2) is 5.16 Å². The van der Waals surface area contributed by atoms with Crippen molar-refractivity contribution in [2.24, 2.45) is 0 Å². The van der Waals surface area contributed by atoms with Crippen LogP contribution in [0.1, 0.15) is 37.4 Å². The van der Waals surface area contributed by atoms with Gasteiger partial charge in [0.1, 0.15) is 6.26 Å².